The number of hydrogen-bond donors (Lipinski definition) is 1. The minimum Gasteiger partial charge on any atom is -0.392 e. The summed E-state index contributed by atoms with van der Waals surface area (Å²) in [5.41, 5.74) is 2.43. The van der Waals surface area contributed by atoms with Crippen molar-refractivity contribution in [2.45, 2.75) is 13.5 Å². The average Bonchev–Trinajstić information content (AvgIpc) is 2.75. The third-order valence-electron chi connectivity index (χ3n) is 5.04. The largest absolute Gasteiger partial charge is 0.392 e. The topological polar surface area (TPSA) is 65.4 Å². The molecule has 7 heteroatoms. The molecule has 1 aliphatic heterocycles. The first-order valence-electron chi connectivity index (χ1n) is 9.29. The predicted molar refractivity (Wildman–Crippen MR) is 107 cm³/mol. The highest BCUT2D eigenvalue weighted by Crippen LogP contribution is 2.25. The van der Waals surface area contributed by atoms with Gasteiger partial charge in [-0.2, -0.15) is 0 Å². The summed E-state index contributed by atoms with van der Waals surface area (Å²) in [7, 11) is 0. The van der Waals surface area contributed by atoms with Gasteiger partial charge in [0.05, 0.1) is 6.61 Å². The van der Waals surface area contributed by atoms with Crippen molar-refractivity contribution < 1.29 is 9.50 Å². The normalized spacial score (nSPS) is 14.4. The maximum atomic E-state index is 14.4. The molecule has 1 saturated heterocycles. The lowest BCUT2D eigenvalue weighted by Gasteiger charge is -2.36. The Bertz CT molecular complexity index is 955. The molecule has 1 aliphatic rings. The number of nitrogens with zero attached hydrogens (tertiary/aromatic N) is 5. The van der Waals surface area contributed by atoms with Gasteiger partial charge in [-0.1, -0.05) is 24.3 Å². The number of pyridine rings is 1. The summed E-state index contributed by atoms with van der Waals surface area (Å²) in [5, 5.41) is 9.24. The van der Waals surface area contributed by atoms with E-state index < -0.39 is 5.82 Å². The Hall–Kier alpha value is -3.06. The lowest BCUT2D eigenvalue weighted by molar-refractivity contribution is 0.276. The number of anilines is 2. The molecule has 2 aromatic heterocycles. The van der Waals surface area contributed by atoms with Crippen LogP contribution in [0.2, 0.25) is 0 Å². The number of aromatic nitrogens is 3. The van der Waals surface area contributed by atoms with Crippen LogP contribution in [0.25, 0.3) is 11.1 Å². The minimum absolute atomic E-state index is 0.266. The van der Waals surface area contributed by atoms with Gasteiger partial charge >= 0.3 is 0 Å². The molecule has 0 aliphatic carbocycles. The summed E-state index contributed by atoms with van der Waals surface area (Å²) in [6.07, 6.45) is 5.09. The molecule has 0 unspecified atom stereocenters. The Balaban J connectivity index is 1.46. The van der Waals surface area contributed by atoms with Gasteiger partial charge in [-0.05, 0) is 18.6 Å². The van der Waals surface area contributed by atoms with Gasteiger partial charge in [-0.15, -0.1) is 0 Å². The summed E-state index contributed by atoms with van der Waals surface area (Å²) in [4.78, 5) is 17.8. The van der Waals surface area contributed by atoms with Crippen LogP contribution in [0.1, 0.15) is 11.1 Å². The third kappa shape index (κ3) is 3.53. The molecule has 0 amide bonds. The number of halogens is 1. The molecule has 0 bridgehead atoms. The van der Waals surface area contributed by atoms with E-state index in [0.29, 0.717) is 17.1 Å². The fraction of sp³-hybridized carbons (Fsp3) is 0.286. The Labute approximate surface area is 163 Å². The standard InChI is InChI=1S/C21H22FN5O/c1-15-4-3-7-23-20(15)26-8-10-27(11-9-26)21-24-12-17(13-25-21)18-6-2-5-16(14-28)19(18)22/h2-7,12-13,28H,8-11,14H2,1H3. The van der Waals surface area contributed by atoms with Crippen LogP contribution in [0, 0.1) is 12.7 Å². The molecule has 3 aromatic rings. The molecule has 1 N–H and O–H groups in total. The highest BCUT2D eigenvalue weighted by atomic mass is 19.1. The Morgan fingerprint density at radius 2 is 1.68 bits per heavy atom. The fourth-order valence-corrected chi connectivity index (χ4v) is 3.48. The number of rotatable bonds is 4. The molecule has 4 rings (SSSR count). The van der Waals surface area contributed by atoms with Crippen molar-refractivity contribution in [2.24, 2.45) is 0 Å². The maximum absolute atomic E-state index is 14.4. The van der Waals surface area contributed by atoms with E-state index in [2.05, 4.69) is 37.7 Å². The van der Waals surface area contributed by atoms with Crippen LogP contribution in [-0.4, -0.2) is 46.2 Å². The second-order valence-electron chi connectivity index (χ2n) is 6.83. The van der Waals surface area contributed by atoms with E-state index in [-0.39, 0.29) is 12.2 Å². The Morgan fingerprint density at radius 1 is 0.964 bits per heavy atom. The van der Waals surface area contributed by atoms with E-state index >= 15 is 0 Å². The van der Waals surface area contributed by atoms with E-state index in [1.165, 1.54) is 5.56 Å². The van der Waals surface area contributed by atoms with Gasteiger partial charge in [0.25, 0.3) is 0 Å². The van der Waals surface area contributed by atoms with Crippen LogP contribution in [0.15, 0.2) is 48.9 Å². The number of piperazine rings is 1. The summed E-state index contributed by atoms with van der Waals surface area (Å²) >= 11 is 0. The number of aliphatic hydroxyl groups is 1. The molecule has 6 nitrogen and oxygen atoms in total. The van der Waals surface area contributed by atoms with Crippen molar-refractivity contribution in [3.8, 4) is 11.1 Å². The second kappa shape index (κ2) is 7.90. The zero-order valence-corrected chi connectivity index (χ0v) is 15.7. The van der Waals surface area contributed by atoms with Crippen molar-refractivity contribution in [1.82, 2.24) is 15.0 Å². The van der Waals surface area contributed by atoms with Crippen LogP contribution >= 0.6 is 0 Å². The predicted octanol–water partition coefficient (Wildman–Crippen LogP) is 2.81. The Kier molecular flexibility index (Phi) is 5.16. The zero-order chi connectivity index (χ0) is 19.5. The first-order valence-corrected chi connectivity index (χ1v) is 9.29. The van der Waals surface area contributed by atoms with Crippen LogP contribution < -0.4 is 9.80 Å². The molecule has 144 valence electrons. The first kappa shape index (κ1) is 18.3. The van der Waals surface area contributed by atoms with Gasteiger partial charge in [-0.3, -0.25) is 0 Å². The quantitative estimate of drug-likeness (QED) is 0.752. The van der Waals surface area contributed by atoms with E-state index in [0.717, 1.165) is 32.0 Å². The van der Waals surface area contributed by atoms with E-state index in [1.54, 1.807) is 30.6 Å². The number of hydrogen-bond acceptors (Lipinski definition) is 6. The van der Waals surface area contributed by atoms with Crippen molar-refractivity contribution in [3.63, 3.8) is 0 Å². The number of aliphatic hydroxyl groups excluding tert-OH is 1. The van der Waals surface area contributed by atoms with Crippen molar-refractivity contribution in [2.75, 3.05) is 36.0 Å². The monoisotopic (exact) mass is 379 g/mol. The van der Waals surface area contributed by atoms with E-state index in [4.69, 9.17) is 0 Å². The molecule has 3 heterocycles. The second-order valence-corrected chi connectivity index (χ2v) is 6.83. The number of benzene rings is 1. The molecule has 0 saturated carbocycles. The van der Waals surface area contributed by atoms with Crippen molar-refractivity contribution in [3.05, 3.63) is 65.9 Å². The van der Waals surface area contributed by atoms with Gasteiger partial charge in [0, 0.05) is 61.5 Å². The lowest BCUT2D eigenvalue weighted by atomic mass is 10.1. The van der Waals surface area contributed by atoms with Crippen molar-refractivity contribution in [1.29, 1.82) is 0 Å². The SMILES string of the molecule is Cc1cccnc1N1CCN(c2ncc(-c3cccc(CO)c3F)cn2)CC1. The molecule has 0 atom stereocenters. The maximum Gasteiger partial charge on any atom is 0.225 e. The van der Waals surface area contributed by atoms with E-state index in [9.17, 15) is 9.50 Å². The molecule has 1 aromatic carbocycles. The molecule has 0 radical (unpaired) electrons. The zero-order valence-electron chi connectivity index (χ0n) is 15.7. The lowest BCUT2D eigenvalue weighted by Crippen LogP contribution is -2.47. The van der Waals surface area contributed by atoms with Gasteiger partial charge in [0.1, 0.15) is 11.6 Å². The first-order chi connectivity index (χ1) is 13.7. The average molecular weight is 379 g/mol. The molecule has 28 heavy (non-hydrogen) atoms. The summed E-state index contributed by atoms with van der Waals surface area (Å²) in [6.45, 7) is 5.01. The fourth-order valence-electron chi connectivity index (χ4n) is 3.48. The third-order valence-corrected chi connectivity index (χ3v) is 5.04. The smallest absolute Gasteiger partial charge is 0.225 e. The summed E-state index contributed by atoms with van der Waals surface area (Å²) in [5.74, 6) is 1.23. The molecule has 0 spiro atoms. The molecular formula is C21H22FN5O. The van der Waals surface area contributed by atoms with Crippen molar-refractivity contribution >= 4 is 11.8 Å². The van der Waals surface area contributed by atoms with E-state index in [1.807, 2.05) is 12.3 Å². The highest BCUT2D eigenvalue weighted by Gasteiger charge is 2.21. The van der Waals surface area contributed by atoms with Gasteiger partial charge in [-0.25, -0.2) is 19.3 Å². The van der Waals surface area contributed by atoms with Crippen LogP contribution in [-0.2, 0) is 6.61 Å². The minimum atomic E-state index is -0.430. The molecular weight excluding hydrogens is 357 g/mol. The summed E-state index contributed by atoms with van der Waals surface area (Å²) in [6, 6.07) is 8.97. The van der Waals surface area contributed by atoms with Gasteiger partial charge in [0.15, 0.2) is 0 Å². The van der Waals surface area contributed by atoms with Crippen LogP contribution in [0.3, 0.4) is 0 Å². The van der Waals surface area contributed by atoms with Gasteiger partial charge in [0.2, 0.25) is 5.95 Å². The summed E-state index contributed by atoms with van der Waals surface area (Å²) < 4.78 is 14.4. The van der Waals surface area contributed by atoms with Crippen LogP contribution in [0.5, 0.6) is 0 Å². The van der Waals surface area contributed by atoms with Gasteiger partial charge < -0.3 is 14.9 Å². The Morgan fingerprint density at radius 3 is 2.36 bits per heavy atom. The molecule has 1 fully saturated rings. The highest BCUT2D eigenvalue weighted by molar-refractivity contribution is 5.64. The van der Waals surface area contributed by atoms with Crippen LogP contribution in [0.4, 0.5) is 16.2 Å². The number of aryl methyl sites for hydroxylation is 1.